The summed E-state index contributed by atoms with van der Waals surface area (Å²) in [5, 5.41) is 27.7. The molecule has 0 radical (unpaired) electrons. The number of phenolic OH excluding ortho intramolecular Hbond substituents is 1. The number of rotatable bonds is 8. The van der Waals surface area contributed by atoms with E-state index in [0.717, 1.165) is 11.1 Å². The maximum atomic E-state index is 13.2. The van der Waals surface area contributed by atoms with E-state index in [1.165, 1.54) is 0 Å². The van der Waals surface area contributed by atoms with Gasteiger partial charge in [0.1, 0.15) is 29.5 Å². The Kier molecular flexibility index (Phi) is 6.21. The Morgan fingerprint density at radius 2 is 2.16 bits per heavy atom. The number of carbonyl (C=O) groups is 1. The van der Waals surface area contributed by atoms with Gasteiger partial charge in [0.25, 0.3) is 5.91 Å². The highest BCUT2D eigenvalue weighted by molar-refractivity contribution is 6.31. The van der Waals surface area contributed by atoms with Crippen LogP contribution >= 0.6 is 11.6 Å². The van der Waals surface area contributed by atoms with Crippen LogP contribution in [0.2, 0.25) is 5.02 Å². The van der Waals surface area contributed by atoms with Crippen molar-refractivity contribution in [3.05, 3.63) is 76.5 Å². The number of aromatic hydroxyl groups is 1. The van der Waals surface area contributed by atoms with Gasteiger partial charge < -0.3 is 19.8 Å². The molecule has 1 aliphatic rings. The SMILES string of the molecule is C=CCOc1cccc(C2c3c(-c4cc(Cl)c(C)cc4O)n[nH]c3C(=O)N2CCCO)c1. The van der Waals surface area contributed by atoms with Crippen LogP contribution in [-0.2, 0) is 0 Å². The predicted molar refractivity (Wildman–Crippen MR) is 122 cm³/mol. The zero-order valence-corrected chi connectivity index (χ0v) is 18.4. The zero-order chi connectivity index (χ0) is 22.8. The molecular weight excluding hydrogens is 430 g/mol. The zero-order valence-electron chi connectivity index (χ0n) is 17.6. The minimum atomic E-state index is -0.468. The fraction of sp³-hybridized carbons (Fsp3) is 0.250. The van der Waals surface area contributed by atoms with Gasteiger partial charge >= 0.3 is 0 Å². The van der Waals surface area contributed by atoms with Crippen molar-refractivity contribution in [1.29, 1.82) is 0 Å². The Hall–Kier alpha value is -3.29. The minimum Gasteiger partial charge on any atom is -0.507 e. The lowest BCUT2D eigenvalue weighted by molar-refractivity contribution is 0.0732. The van der Waals surface area contributed by atoms with Crippen molar-refractivity contribution in [2.45, 2.75) is 19.4 Å². The van der Waals surface area contributed by atoms with Crippen molar-refractivity contribution in [2.24, 2.45) is 0 Å². The van der Waals surface area contributed by atoms with Gasteiger partial charge in [-0.15, -0.1) is 0 Å². The van der Waals surface area contributed by atoms with E-state index in [9.17, 15) is 15.0 Å². The molecule has 0 bridgehead atoms. The molecule has 4 rings (SSSR count). The molecule has 3 N–H and O–H groups in total. The van der Waals surface area contributed by atoms with E-state index in [-0.39, 0.29) is 18.3 Å². The van der Waals surface area contributed by atoms with Crippen molar-refractivity contribution in [2.75, 3.05) is 19.8 Å². The molecule has 0 aliphatic carbocycles. The Balaban J connectivity index is 1.86. The van der Waals surface area contributed by atoms with E-state index in [1.807, 2.05) is 24.3 Å². The van der Waals surface area contributed by atoms with Crippen molar-refractivity contribution in [3.63, 3.8) is 0 Å². The molecule has 0 saturated heterocycles. The molecule has 7 nitrogen and oxygen atoms in total. The number of aromatic amines is 1. The summed E-state index contributed by atoms with van der Waals surface area (Å²) in [4.78, 5) is 14.9. The molecule has 1 amide bonds. The van der Waals surface area contributed by atoms with Gasteiger partial charge in [-0.25, -0.2) is 0 Å². The van der Waals surface area contributed by atoms with Crippen molar-refractivity contribution < 1.29 is 19.7 Å². The van der Waals surface area contributed by atoms with E-state index < -0.39 is 6.04 Å². The number of hydrogen-bond acceptors (Lipinski definition) is 5. The van der Waals surface area contributed by atoms with Crippen LogP contribution in [0.1, 0.15) is 39.6 Å². The number of nitrogens with one attached hydrogen (secondary N) is 1. The topological polar surface area (TPSA) is 98.7 Å². The molecule has 0 fully saturated rings. The van der Waals surface area contributed by atoms with Gasteiger partial charge in [-0.2, -0.15) is 5.10 Å². The first-order valence-electron chi connectivity index (χ1n) is 10.3. The summed E-state index contributed by atoms with van der Waals surface area (Å²) in [5.41, 5.74) is 3.49. The van der Waals surface area contributed by atoms with Crippen LogP contribution in [-0.4, -0.2) is 51.0 Å². The van der Waals surface area contributed by atoms with E-state index in [0.29, 0.717) is 52.9 Å². The van der Waals surface area contributed by atoms with E-state index in [2.05, 4.69) is 16.8 Å². The van der Waals surface area contributed by atoms with Crippen LogP contribution in [0.4, 0.5) is 0 Å². The summed E-state index contributed by atoms with van der Waals surface area (Å²) in [7, 11) is 0. The number of benzene rings is 2. The normalized spacial score (nSPS) is 15.2. The average molecular weight is 454 g/mol. The lowest BCUT2D eigenvalue weighted by atomic mass is 9.95. The molecule has 166 valence electrons. The molecule has 32 heavy (non-hydrogen) atoms. The fourth-order valence-electron chi connectivity index (χ4n) is 4.01. The second kappa shape index (κ2) is 9.06. The number of aromatic nitrogens is 2. The summed E-state index contributed by atoms with van der Waals surface area (Å²) < 4.78 is 5.69. The maximum absolute atomic E-state index is 13.2. The number of nitrogens with zero attached hydrogens (tertiary/aromatic N) is 2. The molecule has 1 atom stereocenters. The van der Waals surface area contributed by atoms with E-state index >= 15 is 0 Å². The molecule has 2 heterocycles. The standard InChI is InChI=1S/C24H24ClN3O4/c1-3-10-32-16-7-4-6-15(12-16)23-20-21(17-13-18(25)14(2)11-19(17)30)26-27-22(20)24(31)28(23)8-5-9-29/h3-4,6-7,11-13,23,29-30H,1,5,8-10H2,2H3,(H,26,27). The number of fused-ring (bicyclic) bond motifs is 1. The number of carbonyl (C=O) groups excluding carboxylic acids is 1. The summed E-state index contributed by atoms with van der Waals surface area (Å²) in [5.74, 6) is 0.466. The van der Waals surface area contributed by atoms with Crippen LogP contribution < -0.4 is 4.74 Å². The van der Waals surface area contributed by atoms with Crippen LogP contribution in [0.5, 0.6) is 11.5 Å². The van der Waals surface area contributed by atoms with E-state index in [4.69, 9.17) is 16.3 Å². The number of aliphatic hydroxyl groups is 1. The van der Waals surface area contributed by atoms with Gasteiger partial charge in [0.05, 0.1) is 6.04 Å². The number of hydrogen-bond donors (Lipinski definition) is 3. The van der Waals surface area contributed by atoms with Gasteiger partial charge in [-0.3, -0.25) is 9.89 Å². The maximum Gasteiger partial charge on any atom is 0.273 e. The monoisotopic (exact) mass is 453 g/mol. The highest BCUT2D eigenvalue weighted by Gasteiger charge is 2.42. The molecule has 0 saturated carbocycles. The second-order valence-electron chi connectivity index (χ2n) is 7.63. The first-order valence-corrected chi connectivity index (χ1v) is 10.7. The summed E-state index contributed by atoms with van der Waals surface area (Å²) >= 11 is 6.32. The quantitative estimate of drug-likeness (QED) is 0.443. The Morgan fingerprint density at radius 1 is 1.34 bits per heavy atom. The Labute approximate surface area is 190 Å². The van der Waals surface area contributed by atoms with Crippen LogP contribution in [0, 0.1) is 6.92 Å². The Bertz CT molecular complexity index is 1170. The second-order valence-corrected chi connectivity index (χ2v) is 8.04. The number of halogens is 1. The summed E-state index contributed by atoms with van der Waals surface area (Å²) in [6.45, 7) is 6.16. The van der Waals surface area contributed by atoms with Crippen molar-refractivity contribution >= 4 is 17.5 Å². The molecule has 8 heteroatoms. The lowest BCUT2D eigenvalue weighted by Crippen LogP contribution is -2.31. The van der Waals surface area contributed by atoms with Gasteiger partial charge in [-0.05, 0) is 48.7 Å². The molecular formula is C24H24ClN3O4. The van der Waals surface area contributed by atoms with Crippen LogP contribution in [0.3, 0.4) is 0 Å². The Morgan fingerprint density at radius 3 is 2.91 bits per heavy atom. The van der Waals surface area contributed by atoms with Crippen LogP contribution in [0.15, 0.2) is 49.1 Å². The molecule has 2 aromatic carbocycles. The third-order valence-electron chi connectivity index (χ3n) is 5.49. The van der Waals surface area contributed by atoms with Crippen LogP contribution in [0.25, 0.3) is 11.3 Å². The molecule has 1 aliphatic heterocycles. The van der Waals surface area contributed by atoms with Gasteiger partial charge in [0.2, 0.25) is 0 Å². The summed E-state index contributed by atoms with van der Waals surface area (Å²) in [6, 6.07) is 10.3. The highest BCUT2D eigenvalue weighted by atomic mass is 35.5. The third kappa shape index (κ3) is 3.85. The number of ether oxygens (including phenoxy) is 1. The first kappa shape index (κ1) is 21.9. The van der Waals surface area contributed by atoms with E-state index in [1.54, 1.807) is 30.0 Å². The molecule has 1 aromatic heterocycles. The number of H-pyrrole nitrogens is 1. The summed E-state index contributed by atoms with van der Waals surface area (Å²) in [6.07, 6.45) is 2.10. The predicted octanol–water partition coefficient (Wildman–Crippen LogP) is 4.24. The number of aliphatic hydroxyl groups excluding tert-OH is 1. The fourth-order valence-corrected chi connectivity index (χ4v) is 4.17. The smallest absolute Gasteiger partial charge is 0.273 e. The molecule has 3 aromatic rings. The molecule has 1 unspecified atom stereocenters. The lowest BCUT2D eigenvalue weighted by Gasteiger charge is -2.26. The minimum absolute atomic E-state index is 0.0317. The largest absolute Gasteiger partial charge is 0.507 e. The van der Waals surface area contributed by atoms with Gasteiger partial charge in [-0.1, -0.05) is 36.4 Å². The number of amides is 1. The highest BCUT2D eigenvalue weighted by Crippen LogP contribution is 2.45. The van der Waals surface area contributed by atoms with Crippen molar-refractivity contribution in [1.82, 2.24) is 15.1 Å². The van der Waals surface area contributed by atoms with Crippen molar-refractivity contribution in [3.8, 4) is 22.8 Å². The van der Waals surface area contributed by atoms with Gasteiger partial charge in [0, 0.05) is 29.3 Å². The first-order chi connectivity index (χ1) is 15.5. The number of phenols is 1. The average Bonchev–Trinajstić information content (AvgIpc) is 3.32. The number of aryl methyl sites for hydroxylation is 1. The molecule has 0 spiro atoms. The van der Waals surface area contributed by atoms with Gasteiger partial charge in [0.15, 0.2) is 0 Å². The third-order valence-corrected chi connectivity index (χ3v) is 5.90.